The van der Waals surface area contributed by atoms with Gasteiger partial charge in [0.1, 0.15) is 6.54 Å². The van der Waals surface area contributed by atoms with Gasteiger partial charge in [-0.15, -0.1) is 11.8 Å². The summed E-state index contributed by atoms with van der Waals surface area (Å²) in [6, 6.07) is 7.97. The Kier molecular flexibility index (Phi) is 6.91. The zero-order valence-corrected chi connectivity index (χ0v) is 16.9. The van der Waals surface area contributed by atoms with Gasteiger partial charge >= 0.3 is 0 Å². The molecule has 0 aliphatic carbocycles. The molecule has 140 valence electrons. The van der Waals surface area contributed by atoms with Gasteiger partial charge in [0, 0.05) is 30.4 Å². The van der Waals surface area contributed by atoms with Crippen molar-refractivity contribution in [3.8, 4) is 0 Å². The lowest BCUT2D eigenvalue weighted by atomic mass is 10.0. The van der Waals surface area contributed by atoms with E-state index in [1.165, 1.54) is 5.56 Å². The summed E-state index contributed by atoms with van der Waals surface area (Å²) in [7, 11) is 1.58. The number of amides is 2. The minimum absolute atomic E-state index is 0.0275. The predicted octanol–water partition coefficient (Wildman–Crippen LogP) is 3.56. The summed E-state index contributed by atoms with van der Waals surface area (Å²) in [6.07, 6.45) is 3.80. The van der Waals surface area contributed by atoms with Gasteiger partial charge in [0.2, 0.25) is 5.91 Å². The molecule has 5 nitrogen and oxygen atoms in total. The number of nitrogens with one attached hydrogen (secondary N) is 2. The SMILES string of the molecule is CNC(=O)CN(Cc1ccc(C)cc1SC)C(=O)c1cc[nH]c1C(C)C. The van der Waals surface area contributed by atoms with E-state index in [-0.39, 0.29) is 24.3 Å². The molecule has 0 aliphatic rings. The Morgan fingerprint density at radius 3 is 2.62 bits per heavy atom. The van der Waals surface area contributed by atoms with Crippen LogP contribution < -0.4 is 5.32 Å². The number of benzene rings is 1. The lowest BCUT2D eigenvalue weighted by Gasteiger charge is -2.24. The number of hydrogen-bond acceptors (Lipinski definition) is 3. The molecule has 0 aliphatic heterocycles. The van der Waals surface area contributed by atoms with Crippen LogP contribution in [-0.2, 0) is 11.3 Å². The van der Waals surface area contributed by atoms with Crippen LogP contribution in [0.3, 0.4) is 0 Å². The number of H-pyrrole nitrogens is 1. The highest BCUT2D eigenvalue weighted by atomic mass is 32.2. The molecule has 0 atom stereocenters. The van der Waals surface area contributed by atoms with Crippen molar-refractivity contribution in [2.75, 3.05) is 19.8 Å². The number of likely N-dealkylation sites (N-methyl/N-ethyl adjacent to an activating group) is 1. The predicted molar refractivity (Wildman–Crippen MR) is 107 cm³/mol. The van der Waals surface area contributed by atoms with Crippen molar-refractivity contribution in [2.24, 2.45) is 0 Å². The van der Waals surface area contributed by atoms with Crippen molar-refractivity contribution >= 4 is 23.6 Å². The van der Waals surface area contributed by atoms with Crippen LogP contribution in [-0.4, -0.2) is 41.5 Å². The summed E-state index contributed by atoms with van der Waals surface area (Å²) in [4.78, 5) is 31.1. The summed E-state index contributed by atoms with van der Waals surface area (Å²) >= 11 is 1.65. The fourth-order valence-corrected chi connectivity index (χ4v) is 3.56. The second kappa shape index (κ2) is 8.94. The third-order valence-electron chi connectivity index (χ3n) is 4.29. The van der Waals surface area contributed by atoms with Gasteiger partial charge in [-0.3, -0.25) is 9.59 Å². The first-order chi connectivity index (χ1) is 12.4. The molecule has 6 heteroatoms. The molecule has 0 unspecified atom stereocenters. The number of aromatic nitrogens is 1. The highest BCUT2D eigenvalue weighted by molar-refractivity contribution is 7.98. The highest BCUT2D eigenvalue weighted by Gasteiger charge is 2.23. The molecule has 0 radical (unpaired) electrons. The molecule has 0 spiro atoms. The first-order valence-corrected chi connectivity index (χ1v) is 9.90. The monoisotopic (exact) mass is 373 g/mol. The summed E-state index contributed by atoms with van der Waals surface area (Å²) in [5, 5.41) is 2.61. The molecule has 0 bridgehead atoms. The first kappa shape index (κ1) is 20.1. The van der Waals surface area contributed by atoms with E-state index in [1.54, 1.807) is 36.0 Å². The molecule has 2 rings (SSSR count). The van der Waals surface area contributed by atoms with Gasteiger partial charge in [-0.1, -0.05) is 26.0 Å². The highest BCUT2D eigenvalue weighted by Crippen LogP contribution is 2.25. The summed E-state index contributed by atoms with van der Waals surface area (Å²) in [5.41, 5.74) is 3.74. The number of nitrogens with zero attached hydrogens (tertiary/aromatic N) is 1. The molecule has 0 fully saturated rings. The molecule has 26 heavy (non-hydrogen) atoms. The molecule has 1 aromatic heterocycles. The average molecular weight is 374 g/mol. The number of carbonyl (C=O) groups is 2. The quantitative estimate of drug-likeness (QED) is 0.730. The number of rotatable bonds is 7. The van der Waals surface area contributed by atoms with Crippen LogP contribution in [0.25, 0.3) is 0 Å². The molecule has 2 N–H and O–H groups in total. The number of aryl methyl sites for hydroxylation is 1. The van der Waals surface area contributed by atoms with E-state index in [9.17, 15) is 9.59 Å². The van der Waals surface area contributed by atoms with Crippen LogP contribution in [0.15, 0.2) is 35.4 Å². The van der Waals surface area contributed by atoms with Crippen molar-refractivity contribution in [2.45, 2.75) is 38.1 Å². The molecule has 2 amide bonds. The fourth-order valence-electron chi connectivity index (χ4n) is 2.86. The zero-order chi connectivity index (χ0) is 19.3. The van der Waals surface area contributed by atoms with Crippen molar-refractivity contribution in [1.82, 2.24) is 15.2 Å². The number of thioether (sulfide) groups is 1. The van der Waals surface area contributed by atoms with Crippen molar-refractivity contribution in [3.63, 3.8) is 0 Å². The van der Waals surface area contributed by atoms with E-state index in [0.29, 0.717) is 12.1 Å². The molecule has 2 aromatic rings. The molecular weight excluding hydrogens is 346 g/mol. The maximum Gasteiger partial charge on any atom is 0.256 e. The van der Waals surface area contributed by atoms with Crippen LogP contribution in [0.4, 0.5) is 0 Å². The van der Waals surface area contributed by atoms with Crippen LogP contribution in [0, 0.1) is 6.92 Å². The van der Waals surface area contributed by atoms with Gasteiger partial charge in [0.15, 0.2) is 0 Å². The maximum atomic E-state index is 13.2. The molecule has 0 saturated heterocycles. The van der Waals surface area contributed by atoms with Gasteiger partial charge in [-0.05, 0) is 42.4 Å². The van der Waals surface area contributed by atoms with Crippen LogP contribution in [0.1, 0.15) is 46.9 Å². The molecule has 0 saturated carbocycles. The first-order valence-electron chi connectivity index (χ1n) is 8.68. The third-order valence-corrected chi connectivity index (χ3v) is 5.11. The van der Waals surface area contributed by atoms with Crippen LogP contribution in [0.5, 0.6) is 0 Å². The normalized spacial score (nSPS) is 10.8. The second-order valence-electron chi connectivity index (χ2n) is 6.61. The summed E-state index contributed by atoms with van der Waals surface area (Å²) < 4.78 is 0. The smallest absolute Gasteiger partial charge is 0.256 e. The average Bonchev–Trinajstić information content (AvgIpc) is 3.11. The van der Waals surface area contributed by atoms with Crippen molar-refractivity contribution in [3.05, 3.63) is 52.8 Å². The van der Waals surface area contributed by atoms with Crippen LogP contribution in [0.2, 0.25) is 0 Å². The van der Waals surface area contributed by atoms with Gasteiger partial charge in [0.05, 0.1) is 5.56 Å². The molecule has 1 aromatic carbocycles. The van der Waals surface area contributed by atoms with Gasteiger partial charge in [-0.2, -0.15) is 0 Å². The zero-order valence-electron chi connectivity index (χ0n) is 16.1. The molecular formula is C20H27N3O2S. The summed E-state index contributed by atoms with van der Waals surface area (Å²) in [6.45, 7) is 6.55. The lowest BCUT2D eigenvalue weighted by Crippen LogP contribution is -2.39. The van der Waals surface area contributed by atoms with Gasteiger partial charge < -0.3 is 15.2 Å². The van der Waals surface area contributed by atoms with Gasteiger partial charge in [0.25, 0.3) is 5.91 Å². The number of carbonyl (C=O) groups excluding carboxylic acids is 2. The Morgan fingerprint density at radius 2 is 2.00 bits per heavy atom. The topological polar surface area (TPSA) is 65.2 Å². The van der Waals surface area contributed by atoms with E-state index < -0.39 is 0 Å². The largest absolute Gasteiger partial charge is 0.364 e. The summed E-state index contributed by atoms with van der Waals surface area (Å²) in [5.74, 6) is -0.115. The fraction of sp³-hybridized carbons (Fsp3) is 0.400. The number of aromatic amines is 1. The Bertz CT molecular complexity index is 783. The Hall–Kier alpha value is -2.21. The van der Waals surface area contributed by atoms with E-state index in [1.807, 2.05) is 39.2 Å². The molecule has 1 heterocycles. The van der Waals surface area contributed by atoms with E-state index in [2.05, 4.69) is 16.4 Å². The third kappa shape index (κ3) is 4.69. The van der Waals surface area contributed by atoms with Crippen molar-refractivity contribution in [1.29, 1.82) is 0 Å². The van der Waals surface area contributed by atoms with E-state index in [4.69, 9.17) is 0 Å². The minimum atomic E-state index is -0.183. The van der Waals surface area contributed by atoms with Crippen LogP contribution >= 0.6 is 11.8 Å². The van der Waals surface area contributed by atoms with E-state index in [0.717, 1.165) is 16.2 Å². The lowest BCUT2D eigenvalue weighted by molar-refractivity contribution is -0.121. The Morgan fingerprint density at radius 1 is 1.27 bits per heavy atom. The Labute approximate surface area is 159 Å². The van der Waals surface area contributed by atoms with E-state index >= 15 is 0 Å². The second-order valence-corrected chi connectivity index (χ2v) is 7.46. The number of hydrogen-bond donors (Lipinski definition) is 2. The van der Waals surface area contributed by atoms with Gasteiger partial charge in [-0.25, -0.2) is 0 Å². The Balaban J connectivity index is 2.36. The van der Waals surface area contributed by atoms with Crippen molar-refractivity contribution < 1.29 is 9.59 Å². The standard InChI is InChI=1S/C20H27N3O2S/c1-13(2)19-16(8-9-22-19)20(25)23(12-18(24)21-4)11-15-7-6-14(3)10-17(15)26-5/h6-10,13,22H,11-12H2,1-5H3,(H,21,24). The minimum Gasteiger partial charge on any atom is -0.364 e. The maximum absolute atomic E-state index is 13.2.